The van der Waals surface area contributed by atoms with E-state index in [-0.39, 0.29) is 36.6 Å². The molecule has 250 valence electrons. The van der Waals surface area contributed by atoms with Crippen LogP contribution in [-0.2, 0) is 11.2 Å². The molecule has 5 aromatic carbocycles. The maximum atomic E-state index is 13.9. The molecule has 1 heterocycles. The zero-order valence-corrected chi connectivity index (χ0v) is 28.2. The number of carboxylic acid groups (broad SMARTS) is 1. The predicted molar refractivity (Wildman–Crippen MR) is 191 cm³/mol. The van der Waals surface area contributed by atoms with Crippen molar-refractivity contribution in [3.63, 3.8) is 0 Å². The van der Waals surface area contributed by atoms with Gasteiger partial charge in [-0.1, -0.05) is 48.5 Å². The van der Waals surface area contributed by atoms with Gasteiger partial charge in [0.15, 0.2) is 0 Å². The number of anilines is 2. The number of ether oxygens (including phenoxy) is 3. The summed E-state index contributed by atoms with van der Waals surface area (Å²) in [6, 6.07) is 31.9. The Kier molecular flexibility index (Phi) is 10.3. The van der Waals surface area contributed by atoms with Crippen LogP contribution < -0.4 is 24.8 Å². The van der Waals surface area contributed by atoms with Gasteiger partial charge in [-0.25, -0.2) is 9.59 Å². The van der Waals surface area contributed by atoms with Crippen LogP contribution in [0.4, 0.5) is 16.2 Å². The van der Waals surface area contributed by atoms with Crippen molar-refractivity contribution in [3.8, 4) is 17.2 Å². The van der Waals surface area contributed by atoms with E-state index in [1.54, 1.807) is 41.3 Å². The second-order valence-electron chi connectivity index (χ2n) is 11.6. The van der Waals surface area contributed by atoms with Crippen LogP contribution in [0.1, 0.15) is 22.3 Å². The molecule has 1 saturated heterocycles. The topological polar surface area (TPSA) is 126 Å². The molecule has 0 radical (unpaired) electrons. The lowest BCUT2D eigenvalue weighted by molar-refractivity contribution is -0.132. The molecule has 0 aromatic heterocycles. The number of hydrogen-bond donors (Lipinski definition) is 3. The quantitative estimate of drug-likeness (QED) is 0.128. The second-order valence-corrected chi connectivity index (χ2v) is 12.4. The highest BCUT2D eigenvalue weighted by Gasteiger charge is 2.37. The molecule has 0 saturated carbocycles. The molecule has 0 aliphatic carbocycles. The molecule has 6 rings (SSSR count). The number of rotatable bonds is 11. The molecule has 49 heavy (non-hydrogen) atoms. The van der Waals surface area contributed by atoms with Gasteiger partial charge in [-0.3, -0.25) is 4.79 Å². The maximum absolute atomic E-state index is 13.9. The third-order valence-corrected chi connectivity index (χ3v) is 8.95. The summed E-state index contributed by atoms with van der Waals surface area (Å²) in [4.78, 5) is 39.6. The van der Waals surface area contributed by atoms with Gasteiger partial charge in [0.05, 0.1) is 43.1 Å². The minimum absolute atomic E-state index is 0.0896. The first-order valence-corrected chi connectivity index (χ1v) is 16.5. The van der Waals surface area contributed by atoms with E-state index >= 15 is 0 Å². The third-order valence-electron chi connectivity index (χ3n) is 8.26. The van der Waals surface area contributed by atoms with Gasteiger partial charge >= 0.3 is 12.0 Å². The zero-order valence-electron chi connectivity index (χ0n) is 26.6. The van der Waals surface area contributed by atoms with Gasteiger partial charge in [0.1, 0.15) is 30.0 Å². The Balaban J connectivity index is 1.15. The minimum Gasteiger partial charge on any atom is -0.495 e. The smallest absolute Gasteiger partial charge is 0.335 e. The number of carbonyl (C=O) groups is 3. The summed E-state index contributed by atoms with van der Waals surface area (Å²) in [6.07, 6.45) is 0.369. The summed E-state index contributed by atoms with van der Waals surface area (Å²) in [7, 11) is 1.50. The molecular weight excluding hydrogens is 690 g/mol. The fourth-order valence-electron chi connectivity index (χ4n) is 5.81. The lowest BCUT2D eigenvalue weighted by Crippen LogP contribution is -2.40. The van der Waals surface area contributed by atoms with E-state index in [4.69, 9.17) is 14.2 Å². The van der Waals surface area contributed by atoms with E-state index in [0.717, 1.165) is 21.0 Å². The van der Waals surface area contributed by atoms with Crippen molar-refractivity contribution in [2.75, 3.05) is 30.9 Å². The summed E-state index contributed by atoms with van der Waals surface area (Å²) in [5.41, 5.74) is 1.94. The fourth-order valence-corrected chi connectivity index (χ4v) is 6.19. The highest BCUT2D eigenvalue weighted by molar-refractivity contribution is 9.10. The minimum atomic E-state index is -1.02. The number of hydrogen-bond acceptors (Lipinski definition) is 6. The van der Waals surface area contributed by atoms with Crippen LogP contribution in [0.15, 0.2) is 114 Å². The predicted octanol–water partition coefficient (Wildman–Crippen LogP) is 7.62. The van der Waals surface area contributed by atoms with Gasteiger partial charge < -0.3 is 34.9 Å². The highest BCUT2D eigenvalue weighted by atomic mass is 79.9. The largest absolute Gasteiger partial charge is 0.495 e. The molecule has 11 heteroatoms. The van der Waals surface area contributed by atoms with Crippen LogP contribution >= 0.6 is 15.9 Å². The normalized spacial score (nSPS) is 15.4. The molecular formula is C38H34BrN3O7. The van der Waals surface area contributed by atoms with E-state index < -0.39 is 12.0 Å². The van der Waals surface area contributed by atoms with E-state index in [0.29, 0.717) is 41.4 Å². The van der Waals surface area contributed by atoms with Gasteiger partial charge in [0, 0.05) is 10.9 Å². The lowest BCUT2D eigenvalue weighted by atomic mass is 10.1. The van der Waals surface area contributed by atoms with E-state index in [1.807, 2.05) is 60.7 Å². The summed E-state index contributed by atoms with van der Waals surface area (Å²) >= 11 is 3.42. The van der Waals surface area contributed by atoms with Crippen molar-refractivity contribution in [2.24, 2.45) is 0 Å². The van der Waals surface area contributed by atoms with E-state index in [9.17, 15) is 19.5 Å². The molecule has 1 fully saturated rings. The van der Waals surface area contributed by atoms with Gasteiger partial charge in [-0.2, -0.15) is 0 Å². The van der Waals surface area contributed by atoms with Crippen LogP contribution in [0.2, 0.25) is 0 Å². The molecule has 10 nitrogen and oxygen atoms in total. The molecule has 0 bridgehead atoms. The Morgan fingerprint density at radius 2 is 1.55 bits per heavy atom. The maximum Gasteiger partial charge on any atom is 0.335 e. The number of carboxylic acids is 1. The monoisotopic (exact) mass is 723 g/mol. The second kappa shape index (κ2) is 15.1. The van der Waals surface area contributed by atoms with Crippen LogP contribution in [-0.4, -0.2) is 60.3 Å². The molecule has 1 aliphatic rings. The molecule has 0 unspecified atom stereocenters. The van der Waals surface area contributed by atoms with Gasteiger partial charge in [0.25, 0.3) is 0 Å². The standard InChI is InChI=1S/C38H34BrN3O7/c1-47-35-18-24(10-17-34(35)41-38(46)40-33-9-5-4-8-32(33)39)19-36(43)42-22-31(49-30-16-11-25-6-2-3-7-27(25)20-30)21-28(42)23-48-29-14-12-26(13-15-29)37(44)45/h2-18,20,28,31H,19,21-23H2,1H3,(H,44,45)(H2,40,41,46)/t28-,31-/m0/s1. The Hall–Kier alpha value is -5.55. The van der Waals surface area contributed by atoms with Crippen LogP contribution in [0, 0.1) is 0 Å². The molecule has 5 aromatic rings. The van der Waals surface area contributed by atoms with Gasteiger partial charge in [-0.05, 0) is 92.9 Å². The Morgan fingerprint density at radius 3 is 2.31 bits per heavy atom. The van der Waals surface area contributed by atoms with E-state index in [2.05, 4.69) is 26.6 Å². The van der Waals surface area contributed by atoms with Crippen molar-refractivity contribution in [2.45, 2.75) is 25.0 Å². The summed E-state index contributed by atoms with van der Waals surface area (Å²) in [6.45, 7) is 0.568. The summed E-state index contributed by atoms with van der Waals surface area (Å²) in [5, 5.41) is 17.0. The number of urea groups is 1. The Morgan fingerprint density at radius 1 is 0.837 bits per heavy atom. The number of halogens is 1. The molecule has 3 amide bonds. The number of nitrogens with zero attached hydrogens (tertiary/aromatic N) is 1. The number of para-hydroxylation sites is 1. The first kappa shape index (κ1) is 33.4. The number of aromatic carboxylic acids is 1. The van der Waals surface area contributed by atoms with Gasteiger partial charge in [-0.15, -0.1) is 0 Å². The first-order valence-electron chi connectivity index (χ1n) is 15.7. The fraction of sp³-hybridized carbons (Fsp3) is 0.184. The van der Waals surface area contributed by atoms with Crippen LogP contribution in [0.3, 0.4) is 0 Å². The number of amides is 3. The average molecular weight is 725 g/mol. The van der Waals surface area contributed by atoms with Gasteiger partial charge in [0.2, 0.25) is 5.91 Å². The van der Waals surface area contributed by atoms with Crippen molar-refractivity contribution < 1.29 is 33.7 Å². The highest BCUT2D eigenvalue weighted by Crippen LogP contribution is 2.30. The number of nitrogens with one attached hydrogen (secondary N) is 2. The lowest BCUT2D eigenvalue weighted by Gasteiger charge is -2.25. The summed E-state index contributed by atoms with van der Waals surface area (Å²) in [5.74, 6) is 0.508. The molecule has 3 N–H and O–H groups in total. The number of carbonyl (C=O) groups excluding carboxylic acids is 2. The number of methoxy groups -OCH3 is 1. The van der Waals surface area contributed by atoms with Crippen molar-refractivity contribution in [1.29, 1.82) is 0 Å². The van der Waals surface area contributed by atoms with E-state index in [1.165, 1.54) is 19.2 Å². The SMILES string of the molecule is COc1cc(CC(=O)N2C[C@@H](Oc3ccc4ccccc4c3)C[C@H]2COc2ccc(C(=O)O)cc2)ccc1NC(=O)Nc1ccccc1Br. The first-order chi connectivity index (χ1) is 23.7. The van der Waals surface area contributed by atoms with Crippen LogP contribution in [0.25, 0.3) is 10.8 Å². The average Bonchev–Trinajstić information content (AvgIpc) is 3.51. The number of fused-ring (bicyclic) bond motifs is 1. The van der Waals surface area contributed by atoms with Crippen molar-refractivity contribution in [1.82, 2.24) is 4.90 Å². The Bertz CT molecular complexity index is 1980. The molecule has 1 aliphatic heterocycles. The zero-order chi connectivity index (χ0) is 34.3. The number of benzene rings is 5. The third kappa shape index (κ3) is 8.31. The van der Waals surface area contributed by atoms with Crippen LogP contribution in [0.5, 0.6) is 17.2 Å². The molecule has 2 atom stereocenters. The van der Waals surface area contributed by atoms with Crippen molar-refractivity contribution >= 4 is 56.0 Å². The molecule has 0 spiro atoms. The summed E-state index contributed by atoms with van der Waals surface area (Å²) < 4.78 is 18.7. The Labute approximate surface area is 291 Å². The number of likely N-dealkylation sites (tertiary alicyclic amines) is 1. The van der Waals surface area contributed by atoms with Crippen molar-refractivity contribution in [3.05, 3.63) is 125 Å².